The Bertz CT molecular complexity index is 640. The molecule has 0 saturated carbocycles. The molecule has 6 heteroatoms. The number of rotatable bonds is 2. The van der Waals surface area contributed by atoms with Crippen molar-refractivity contribution < 1.29 is 13.7 Å². The lowest BCUT2D eigenvalue weighted by Gasteiger charge is -2.32. The fourth-order valence-electron chi connectivity index (χ4n) is 2.25. The van der Waals surface area contributed by atoms with Crippen molar-refractivity contribution in [2.45, 2.75) is 38.9 Å². The molecule has 0 N–H and O–H groups in total. The Morgan fingerprint density at radius 2 is 1.81 bits per heavy atom. The quantitative estimate of drug-likeness (QED) is 0.796. The van der Waals surface area contributed by atoms with E-state index in [1.165, 1.54) is 6.07 Å². The number of hydrogen-bond acceptors (Lipinski definition) is 3. The first kappa shape index (κ1) is 14.3. The number of nitrogens with zero attached hydrogens (tertiary/aromatic N) is 2. The van der Waals surface area contributed by atoms with Gasteiger partial charge in [0, 0.05) is 17.9 Å². The minimum absolute atomic E-state index is 0.343. The molecule has 2 heterocycles. The lowest BCUT2D eigenvalue weighted by molar-refractivity contribution is 0.00578. The van der Waals surface area contributed by atoms with Crippen LogP contribution >= 0.6 is 0 Å². The Hall–Kier alpha value is -1.66. The predicted octanol–water partition coefficient (Wildman–Crippen LogP) is 2.31. The lowest BCUT2D eigenvalue weighted by atomic mass is 9.78. The Morgan fingerprint density at radius 3 is 2.38 bits per heavy atom. The van der Waals surface area contributed by atoms with E-state index in [-0.39, 0.29) is 5.82 Å². The van der Waals surface area contributed by atoms with E-state index in [2.05, 4.69) is 5.10 Å². The molecule has 110 valence electrons. The Balaban J connectivity index is 1.98. The topological polar surface area (TPSA) is 36.3 Å². The number of benzene rings is 1. The molecular formula is C15H18BFN2O2. The molecule has 1 fully saturated rings. The third-order valence-electron chi connectivity index (χ3n) is 4.26. The second-order valence-corrected chi connectivity index (χ2v) is 6.24. The van der Waals surface area contributed by atoms with E-state index in [1.54, 1.807) is 29.2 Å². The van der Waals surface area contributed by atoms with Gasteiger partial charge in [0.05, 0.1) is 16.9 Å². The van der Waals surface area contributed by atoms with Crippen LogP contribution in [0.25, 0.3) is 5.69 Å². The highest BCUT2D eigenvalue weighted by Gasteiger charge is 2.52. The lowest BCUT2D eigenvalue weighted by Crippen LogP contribution is -2.41. The zero-order valence-corrected chi connectivity index (χ0v) is 12.6. The third kappa shape index (κ3) is 2.38. The van der Waals surface area contributed by atoms with Crippen molar-refractivity contribution in [2.24, 2.45) is 0 Å². The number of halogens is 1. The molecule has 1 aliphatic heterocycles. The smallest absolute Gasteiger partial charge is 0.399 e. The van der Waals surface area contributed by atoms with Crippen LogP contribution in [-0.4, -0.2) is 28.1 Å². The first-order valence-corrected chi connectivity index (χ1v) is 6.95. The minimum atomic E-state index is -0.717. The van der Waals surface area contributed by atoms with Gasteiger partial charge in [-0.3, -0.25) is 0 Å². The number of aromatic nitrogens is 2. The largest absolute Gasteiger partial charge is 0.497 e. The fraction of sp³-hybridized carbons (Fsp3) is 0.400. The Kier molecular flexibility index (Phi) is 3.18. The summed E-state index contributed by atoms with van der Waals surface area (Å²) in [5, 5.41) is 4.15. The van der Waals surface area contributed by atoms with E-state index in [9.17, 15) is 4.39 Å². The van der Waals surface area contributed by atoms with Gasteiger partial charge >= 0.3 is 7.12 Å². The van der Waals surface area contributed by atoms with E-state index in [1.807, 2.05) is 33.8 Å². The van der Waals surface area contributed by atoms with E-state index in [0.29, 0.717) is 5.46 Å². The van der Waals surface area contributed by atoms with Gasteiger partial charge in [-0.15, -0.1) is 0 Å². The van der Waals surface area contributed by atoms with Crippen molar-refractivity contribution in [3.63, 3.8) is 0 Å². The second kappa shape index (κ2) is 4.68. The van der Waals surface area contributed by atoms with Gasteiger partial charge in [0.25, 0.3) is 0 Å². The highest BCUT2D eigenvalue weighted by atomic mass is 19.1. The second-order valence-electron chi connectivity index (χ2n) is 6.24. The van der Waals surface area contributed by atoms with Crippen molar-refractivity contribution in [3.05, 3.63) is 42.5 Å². The normalized spacial score (nSPS) is 20.0. The van der Waals surface area contributed by atoms with Gasteiger partial charge in [0.1, 0.15) is 5.82 Å². The highest BCUT2D eigenvalue weighted by Crippen LogP contribution is 2.36. The van der Waals surface area contributed by atoms with Crippen molar-refractivity contribution >= 4 is 12.6 Å². The maximum atomic E-state index is 14.2. The van der Waals surface area contributed by atoms with E-state index >= 15 is 0 Å². The van der Waals surface area contributed by atoms with Gasteiger partial charge in [-0.1, -0.05) is 0 Å². The van der Waals surface area contributed by atoms with E-state index < -0.39 is 18.3 Å². The van der Waals surface area contributed by atoms with Crippen molar-refractivity contribution in [1.29, 1.82) is 0 Å². The molecule has 4 nitrogen and oxygen atoms in total. The summed E-state index contributed by atoms with van der Waals surface area (Å²) in [5.41, 5.74) is 0.171. The molecule has 1 aliphatic rings. The molecule has 1 aromatic carbocycles. The fourth-order valence-corrected chi connectivity index (χ4v) is 2.25. The molecule has 1 aromatic heterocycles. The van der Waals surface area contributed by atoms with Crippen LogP contribution in [0.5, 0.6) is 0 Å². The molecule has 0 bridgehead atoms. The van der Waals surface area contributed by atoms with Crippen LogP contribution in [0.3, 0.4) is 0 Å². The summed E-state index contributed by atoms with van der Waals surface area (Å²) in [7, 11) is -0.717. The van der Waals surface area contributed by atoms with Gasteiger partial charge in [0.15, 0.2) is 0 Å². The van der Waals surface area contributed by atoms with Crippen molar-refractivity contribution in [2.75, 3.05) is 0 Å². The zero-order valence-electron chi connectivity index (χ0n) is 12.6. The van der Waals surface area contributed by atoms with Gasteiger partial charge in [0.2, 0.25) is 0 Å². The molecule has 0 radical (unpaired) electrons. The van der Waals surface area contributed by atoms with Gasteiger partial charge in [-0.2, -0.15) is 5.10 Å². The summed E-state index contributed by atoms with van der Waals surface area (Å²) >= 11 is 0. The SMILES string of the molecule is CC1(C)OB(c2cc(-n3cccn3)ccc2F)OC1(C)C. The Morgan fingerprint density at radius 1 is 1.14 bits per heavy atom. The summed E-state index contributed by atoms with van der Waals surface area (Å²) in [6.07, 6.45) is 3.49. The molecule has 0 atom stereocenters. The molecular weight excluding hydrogens is 270 g/mol. The zero-order chi connectivity index (χ0) is 15.3. The van der Waals surface area contributed by atoms with Crippen LogP contribution in [0, 0.1) is 5.82 Å². The third-order valence-corrected chi connectivity index (χ3v) is 4.26. The molecule has 21 heavy (non-hydrogen) atoms. The monoisotopic (exact) mass is 288 g/mol. The van der Waals surface area contributed by atoms with E-state index in [4.69, 9.17) is 9.31 Å². The average molecular weight is 288 g/mol. The molecule has 0 unspecified atom stereocenters. The van der Waals surface area contributed by atoms with Crippen LogP contribution < -0.4 is 5.46 Å². The van der Waals surface area contributed by atoms with E-state index in [0.717, 1.165) is 5.69 Å². The molecule has 0 aliphatic carbocycles. The number of hydrogen-bond donors (Lipinski definition) is 0. The van der Waals surface area contributed by atoms with Crippen LogP contribution in [0.2, 0.25) is 0 Å². The maximum Gasteiger partial charge on any atom is 0.497 e. The summed E-state index contributed by atoms with van der Waals surface area (Å²) in [5.74, 6) is -0.343. The maximum absolute atomic E-state index is 14.2. The summed E-state index contributed by atoms with van der Waals surface area (Å²) < 4.78 is 27.7. The average Bonchev–Trinajstić information content (AvgIpc) is 2.97. The van der Waals surface area contributed by atoms with Crippen LogP contribution in [0.4, 0.5) is 4.39 Å². The van der Waals surface area contributed by atoms with Crippen LogP contribution in [0.1, 0.15) is 27.7 Å². The molecule has 2 aromatic rings. The van der Waals surface area contributed by atoms with Crippen molar-refractivity contribution in [1.82, 2.24) is 9.78 Å². The first-order valence-electron chi connectivity index (χ1n) is 6.95. The first-order chi connectivity index (χ1) is 9.80. The van der Waals surface area contributed by atoms with Crippen LogP contribution in [-0.2, 0) is 9.31 Å². The summed E-state index contributed by atoms with van der Waals surface area (Å²) in [6, 6.07) is 6.62. The molecule has 0 amide bonds. The van der Waals surface area contributed by atoms with Gasteiger partial charge < -0.3 is 9.31 Å². The van der Waals surface area contributed by atoms with Crippen molar-refractivity contribution in [3.8, 4) is 5.69 Å². The van der Waals surface area contributed by atoms with Gasteiger partial charge in [-0.05, 0) is 52.0 Å². The highest BCUT2D eigenvalue weighted by molar-refractivity contribution is 6.62. The predicted molar refractivity (Wildman–Crippen MR) is 79.2 cm³/mol. The van der Waals surface area contributed by atoms with Gasteiger partial charge in [-0.25, -0.2) is 9.07 Å². The minimum Gasteiger partial charge on any atom is -0.399 e. The Labute approximate surface area is 124 Å². The summed E-state index contributed by atoms with van der Waals surface area (Å²) in [4.78, 5) is 0. The summed E-state index contributed by atoms with van der Waals surface area (Å²) in [6.45, 7) is 7.79. The molecule has 0 spiro atoms. The van der Waals surface area contributed by atoms with Crippen LogP contribution in [0.15, 0.2) is 36.7 Å². The standard InChI is InChI=1S/C15H18BFN2O2/c1-14(2)15(3,4)21-16(20-14)12-10-11(6-7-13(12)17)19-9-5-8-18-19/h5-10H,1-4H3. The molecule has 1 saturated heterocycles. The molecule has 3 rings (SSSR count).